The molecule has 9 nitrogen and oxygen atoms in total. The third-order valence-electron chi connectivity index (χ3n) is 6.02. The fraction of sp³-hybridized carbons (Fsp3) is 0.462. The highest BCUT2D eigenvalue weighted by atomic mass is 32.2. The summed E-state index contributed by atoms with van der Waals surface area (Å²) in [7, 11) is -6.87. The number of nitrogens with one attached hydrogen (secondary N) is 2. The van der Waals surface area contributed by atoms with Gasteiger partial charge in [0.05, 0.1) is 22.7 Å². The van der Waals surface area contributed by atoms with Gasteiger partial charge in [-0.15, -0.1) is 0 Å². The van der Waals surface area contributed by atoms with Gasteiger partial charge >= 0.3 is 6.18 Å². The van der Waals surface area contributed by atoms with Crippen molar-refractivity contribution in [2.75, 3.05) is 18.3 Å². The Labute approximate surface area is 232 Å². The van der Waals surface area contributed by atoms with Crippen molar-refractivity contribution in [3.05, 3.63) is 54.1 Å². The van der Waals surface area contributed by atoms with Gasteiger partial charge in [-0.1, -0.05) is 50.2 Å². The lowest BCUT2D eigenvalue weighted by atomic mass is 9.98. The maximum atomic E-state index is 14.1. The molecule has 0 heterocycles. The Kier molecular flexibility index (Phi) is 10.9. The third-order valence-corrected chi connectivity index (χ3v) is 8.13. The first-order chi connectivity index (χ1) is 18.3. The predicted molar refractivity (Wildman–Crippen MR) is 146 cm³/mol. The van der Waals surface area contributed by atoms with E-state index < -0.39 is 61.5 Å². The molecule has 0 aliphatic heterocycles. The normalized spacial score (nSPS) is 14.9. The summed E-state index contributed by atoms with van der Waals surface area (Å²) in [6.07, 6.45) is -3.02. The van der Waals surface area contributed by atoms with E-state index in [0.717, 1.165) is 12.5 Å². The van der Waals surface area contributed by atoms with Crippen molar-refractivity contribution in [1.29, 1.82) is 0 Å². The number of rotatable bonds is 13. The summed E-state index contributed by atoms with van der Waals surface area (Å²) in [5, 5.41) is 4.67. The second kappa shape index (κ2) is 13.1. The van der Waals surface area contributed by atoms with Gasteiger partial charge < -0.3 is 11.1 Å². The Morgan fingerprint density at radius 3 is 1.77 bits per heavy atom. The van der Waals surface area contributed by atoms with Crippen molar-refractivity contribution in [2.45, 2.75) is 55.9 Å². The van der Waals surface area contributed by atoms with Gasteiger partial charge in [0, 0.05) is 12.5 Å². The minimum atomic E-state index is -4.87. The molecule has 0 radical (unpaired) electrons. The molecule has 3 atom stereocenters. The van der Waals surface area contributed by atoms with Gasteiger partial charge in [-0.2, -0.15) is 13.2 Å². The number of amides is 2. The molecule has 1 unspecified atom stereocenters. The maximum absolute atomic E-state index is 14.1. The van der Waals surface area contributed by atoms with E-state index in [0.29, 0.717) is 11.1 Å². The minimum absolute atomic E-state index is 0.0570. The molecule has 2 amide bonds. The van der Waals surface area contributed by atoms with Crippen molar-refractivity contribution < 1.29 is 39.6 Å². The molecule has 2 aromatic carbocycles. The number of sulfone groups is 2. The van der Waals surface area contributed by atoms with Gasteiger partial charge in [-0.3, -0.25) is 14.9 Å². The number of hydrogen-bond donors (Lipinski definition) is 3. The summed E-state index contributed by atoms with van der Waals surface area (Å²) in [5.41, 5.74) is 6.23. The molecule has 222 valence electrons. The fourth-order valence-corrected chi connectivity index (χ4v) is 5.26. The molecule has 0 fully saturated rings. The minimum Gasteiger partial charge on any atom is -0.368 e. The second-order valence-corrected chi connectivity index (χ2v) is 14.4. The monoisotopic (exact) mass is 605 g/mol. The maximum Gasteiger partial charge on any atom is 0.412 e. The van der Waals surface area contributed by atoms with Gasteiger partial charge in [-0.05, 0) is 47.6 Å². The van der Waals surface area contributed by atoms with Crippen LogP contribution in [0.3, 0.4) is 0 Å². The van der Waals surface area contributed by atoms with Gasteiger partial charge in [0.25, 0.3) is 0 Å². The highest BCUT2D eigenvalue weighted by Gasteiger charge is 2.43. The third kappa shape index (κ3) is 10.2. The number of carbonyl (C=O) groups excluding carboxylic acids is 2. The number of benzene rings is 2. The first-order valence-corrected chi connectivity index (χ1v) is 16.2. The van der Waals surface area contributed by atoms with E-state index in [1.807, 2.05) is 5.32 Å². The average Bonchev–Trinajstić information content (AvgIpc) is 2.82. The Morgan fingerprint density at radius 2 is 1.38 bits per heavy atom. The first kappa shape index (κ1) is 33.2. The van der Waals surface area contributed by atoms with Gasteiger partial charge in [0.15, 0.2) is 15.9 Å². The number of primary amides is 1. The topological polar surface area (TPSA) is 152 Å². The van der Waals surface area contributed by atoms with E-state index in [9.17, 15) is 39.6 Å². The van der Waals surface area contributed by atoms with Crippen LogP contribution in [0.15, 0.2) is 53.4 Å². The van der Waals surface area contributed by atoms with Crippen LogP contribution in [0.4, 0.5) is 13.2 Å². The summed E-state index contributed by atoms with van der Waals surface area (Å²) in [6.45, 7) is 3.47. The smallest absolute Gasteiger partial charge is 0.368 e. The lowest BCUT2D eigenvalue weighted by Crippen LogP contribution is -2.54. The van der Waals surface area contributed by atoms with Crippen molar-refractivity contribution in [3.63, 3.8) is 0 Å². The van der Waals surface area contributed by atoms with Crippen LogP contribution in [0, 0.1) is 5.92 Å². The van der Waals surface area contributed by atoms with Crippen LogP contribution in [0.2, 0.25) is 0 Å². The zero-order valence-corrected chi connectivity index (χ0v) is 24.2. The molecule has 2 aromatic rings. The van der Waals surface area contributed by atoms with Gasteiger partial charge in [-0.25, -0.2) is 16.8 Å². The summed E-state index contributed by atoms with van der Waals surface area (Å²) in [5.74, 6) is -2.53. The van der Waals surface area contributed by atoms with Crippen molar-refractivity contribution in [1.82, 2.24) is 10.6 Å². The molecular weight excluding hydrogens is 571 g/mol. The molecule has 14 heteroatoms. The molecule has 2 rings (SSSR count). The molecule has 0 saturated carbocycles. The zero-order chi connectivity index (χ0) is 30.5. The summed E-state index contributed by atoms with van der Waals surface area (Å²) >= 11 is 0. The lowest BCUT2D eigenvalue weighted by Gasteiger charge is -2.28. The average molecular weight is 606 g/mol. The molecule has 40 heavy (non-hydrogen) atoms. The van der Waals surface area contributed by atoms with Crippen molar-refractivity contribution in [2.24, 2.45) is 11.7 Å². The van der Waals surface area contributed by atoms with E-state index in [2.05, 4.69) is 5.32 Å². The largest absolute Gasteiger partial charge is 0.412 e. The molecule has 0 aromatic heterocycles. The Balaban J connectivity index is 2.30. The number of halogens is 3. The lowest BCUT2D eigenvalue weighted by molar-refractivity contribution is -0.164. The summed E-state index contributed by atoms with van der Waals surface area (Å²) in [6, 6.07) is 6.26. The quantitative estimate of drug-likeness (QED) is 0.318. The molecule has 0 bridgehead atoms. The number of carbonyl (C=O) groups is 2. The van der Waals surface area contributed by atoms with Crippen LogP contribution in [0.25, 0.3) is 11.1 Å². The van der Waals surface area contributed by atoms with E-state index in [1.54, 1.807) is 13.8 Å². The van der Waals surface area contributed by atoms with E-state index in [4.69, 9.17) is 5.73 Å². The zero-order valence-electron chi connectivity index (χ0n) is 22.5. The van der Waals surface area contributed by atoms with Crippen LogP contribution < -0.4 is 16.4 Å². The van der Waals surface area contributed by atoms with Crippen LogP contribution in [0.1, 0.15) is 38.3 Å². The standard InChI is InChI=1S/C26H34F3N3O6S2/c1-16(2)15-22(31-21(24(30)33)13-14-39(3,35)36)25(34)32-23(26(27,28)29)19-7-5-17(6-8-19)18-9-11-20(12-10-18)40(4,37)38/h5-12,16,21-23,31H,13-15H2,1-4H3,(H2,30,33)(H,32,34)/t21?,22-,23-/m0/s1. The summed E-state index contributed by atoms with van der Waals surface area (Å²) < 4.78 is 88.6. The van der Waals surface area contributed by atoms with Crippen LogP contribution in [0.5, 0.6) is 0 Å². The molecule has 0 saturated heterocycles. The Morgan fingerprint density at radius 1 is 0.875 bits per heavy atom. The van der Waals surface area contributed by atoms with Gasteiger partial charge in [0.1, 0.15) is 9.84 Å². The van der Waals surface area contributed by atoms with Crippen molar-refractivity contribution >= 4 is 31.5 Å². The van der Waals surface area contributed by atoms with Crippen LogP contribution in [-0.2, 0) is 29.3 Å². The summed E-state index contributed by atoms with van der Waals surface area (Å²) in [4.78, 5) is 25.1. The van der Waals surface area contributed by atoms with E-state index >= 15 is 0 Å². The fourth-order valence-electron chi connectivity index (χ4n) is 3.96. The number of nitrogens with two attached hydrogens (primary N) is 1. The van der Waals surface area contributed by atoms with E-state index in [-0.39, 0.29) is 29.2 Å². The highest BCUT2D eigenvalue weighted by molar-refractivity contribution is 7.91. The Hall–Kier alpha value is -2.97. The molecule has 0 aliphatic carbocycles. The van der Waals surface area contributed by atoms with Crippen LogP contribution in [-0.4, -0.2) is 65.2 Å². The Bertz CT molecular complexity index is 1390. The van der Waals surface area contributed by atoms with Gasteiger partial charge in [0.2, 0.25) is 11.8 Å². The number of hydrogen-bond acceptors (Lipinski definition) is 7. The van der Waals surface area contributed by atoms with Crippen molar-refractivity contribution in [3.8, 4) is 11.1 Å². The highest BCUT2D eigenvalue weighted by Crippen LogP contribution is 2.34. The SMILES string of the molecule is CC(C)C[C@H](NC(CCS(C)(=O)=O)C(N)=O)C(=O)N[C@@H](c1ccc(-c2ccc(S(C)(=O)=O)cc2)cc1)C(F)(F)F. The predicted octanol–water partition coefficient (Wildman–Crippen LogP) is 2.77. The second-order valence-electron chi connectivity index (χ2n) is 10.1. The van der Waals surface area contributed by atoms with E-state index in [1.165, 1.54) is 48.5 Å². The number of alkyl halides is 3. The van der Waals surface area contributed by atoms with Crippen LogP contribution >= 0.6 is 0 Å². The molecule has 0 spiro atoms. The molecule has 0 aliphatic rings. The molecular formula is C26H34F3N3O6S2. The molecule has 4 N–H and O–H groups in total. The first-order valence-electron chi connectivity index (χ1n) is 12.3.